The van der Waals surface area contributed by atoms with Gasteiger partial charge in [0.15, 0.2) is 0 Å². The average Bonchev–Trinajstić information content (AvgIpc) is 2.14. The van der Waals surface area contributed by atoms with Crippen molar-refractivity contribution >= 4 is 5.91 Å². The van der Waals surface area contributed by atoms with Gasteiger partial charge in [0.05, 0.1) is 6.54 Å². The average molecular weight is 241 g/mol. The molecule has 4 heteroatoms. The van der Waals surface area contributed by atoms with Crippen LogP contribution in [0, 0.1) is 0 Å². The molecular weight excluding hydrogens is 214 g/mol. The Hall–Kier alpha value is -0.610. The lowest BCUT2D eigenvalue weighted by atomic mass is 10.00. The van der Waals surface area contributed by atoms with E-state index in [9.17, 15) is 4.79 Å². The summed E-state index contributed by atoms with van der Waals surface area (Å²) in [4.78, 5) is 11.7. The molecular formula is C13H27N3O. The Bertz CT molecular complexity index is 250. The standard InChI is InChI=1S/C13H27N3O/c1-10-7-6-8-11(2)16(10)14-9-12(17)15-13(3,4)5/h10-11,14H,6-9H2,1-5H3,(H,15,17). The van der Waals surface area contributed by atoms with Crippen LogP contribution in [0.4, 0.5) is 0 Å². The molecule has 1 aliphatic heterocycles. The van der Waals surface area contributed by atoms with Gasteiger partial charge in [-0.3, -0.25) is 4.79 Å². The number of carbonyl (C=O) groups excluding carboxylic acids is 1. The maximum atomic E-state index is 11.7. The van der Waals surface area contributed by atoms with Crippen LogP contribution in [-0.4, -0.2) is 35.1 Å². The van der Waals surface area contributed by atoms with E-state index in [4.69, 9.17) is 0 Å². The minimum atomic E-state index is -0.155. The highest BCUT2D eigenvalue weighted by Crippen LogP contribution is 2.19. The third-order valence-electron chi connectivity index (χ3n) is 3.13. The van der Waals surface area contributed by atoms with Gasteiger partial charge in [-0.1, -0.05) is 6.42 Å². The fourth-order valence-electron chi connectivity index (χ4n) is 2.36. The third-order valence-corrected chi connectivity index (χ3v) is 3.13. The van der Waals surface area contributed by atoms with Gasteiger partial charge in [0.2, 0.25) is 5.91 Å². The van der Waals surface area contributed by atoms with Crippen LogP contribution in [0.1, 0.15) is 53.9 Å². The van der Waals surface area contributed by atoms with Gasteiger partial charge in [-0.25, -0.2) is 10.4 Å². The molecule has 2 atom stereocenters. The molecule has 1 amide bonds. The molecule has 0 aromatic rings. The Morgan fingerprint density at radius 3 is 2.24 bits per heavy atom. The smallest absolute Gasteiger partial charge is 0.235 e. The second kappa shape index (κ2) is 5.83. The van der Waals surface area contributed by atoms with Crippen LogP contribution in [0.3, 0.4) is 0 Å². The minimum Gasteiger partial charge on any atom is -0.350 e. The van der Waals surface area contributed by atoms with Crippen molar-refractivity contribution in [2.45, 2.75) is 71.5 Å². The molecule has 0 aromatic heterocycles. The van der Waals surface area contributed by atoms with E-state index in [0.29, 0.717) is 18.6 Å². The summed E-state index contributed by atoms with van der Waals surface area (Å²) < 4.78 is 0. The number of hydrogen-bond acceptors (Lipinski definition) is 3. The van der Waals surface area contributed by atoms with Crippen LogP contribution in [-0.2, 0) is 4.79 Å². The molecule has 2 unspecified atom stereocenters. The van der Waals surface area contributed by atoms with Crippen LogP contribution in [0.2, 0.25) is 0 Å². The van der Waals surface area contributed by atoms with E-state index in [1.807, 2.05) is 20.8 Å². The molecule has 4 nitrogen and oxygen atoms in total. The van der Waals surface area contributed by atoms with Gasteiger partial charge < -0.3 is 5.32 Å². The van der Waals surface area contributed by atoms with Crippen LogP contribution in [0.15, 0.2) is 0 Å². The zero-order chi connectivity index (χ0) is 13.1. The van der Waals surface area contributed by atoms with Crippen molar-refractivity contribution < 1.29 is 4.79 Å². The summed E-state index contributed by atoms with van der Waals surface area (Å²) in [7, 11) is 0. The van der Waals surface area contributed by atoms with Gasteiger partial charge >= 0.3 is 0 Å². The summed E-state index contributed by atoms with van der Waals surface area (Å²) in [5, 5.41) is 5.19. The first-order valence-electron chi connectivity index (χ1n) is 6.62. The fourth-order valence-corrected chi connectivity index (χ4v) is 2.36. The van der Waals surface area contributed by atoms with Gasteiger partial charge in [-0.05, 0) is 47.5 Å². The van der Waals surface area contributed by atoms with Crippen LogP contribution < -0.4 is 10.7 Å². The van der Waals surface area contributed by atoms with Crippen LogP contribution >= 0.6 is 0 Å². The van der Waals surface area contributed by atoms with Gasteiger partial charge in [0.1, 0.15) is 0 Å². The largest absolute Gasteiger partial charge is 0.350 e. The van der Waals surface area contributed by atoms with Crippen LogP contribution in [0.5, 0.6) is 0 Å². The van der Waals surface area contributed by atoms with Crippen molar-refractivity contribution in [1.29, 1.82) is 0 Å². The summed E-state index contributed by atoms with van der Waals surface area (Å²) >= 11 is 0. The Labute approximate surface area is 105 Å². The number of amides is 1. The zero-order valence-electron chi connectivity index (χ0n) is 11.8. The summed E-state index contributed by atoms with van der Waals surface area (Å²) in [6, 6.07) is 1.03. The number of piperidine rings is 1. The molecule has 0 radical (unpaired) electrons. The highest BCUT2D eigenvalue weighted by molar-refractivity contribution is 5.78. The summed E-state index contributed by atoms with van der Waals surface area (Å²) in [6.45, 7) is 10.8. The minimum absolute atomic E-state index is 0.0578. The maximum Gasteiger partial charge on any atom is 0.235 e. The lowest BCUT2D eigenvalue weighted by molar-refractivity contribution is -0.123. The Kier molecular flexibility index (Phi) is 4.95. The number of nitrogens with one attached hydrogen (secondary N) is 2. The highest BCUT2D eigenvalue weighted by Gasteiger charge is 2.25. The Morgan fingerprint density at radius 2 is 1.76 bits per heavy atom. The molecule has 2 N–H and O–H groups in total. The first kappa shape index (κ1) is 14.5. The van der Waals surface area contributed by atoms with Crippen LogP contribution in [0.25, 0.3) is 0 Å². The van der Waals surface area contributed by atoms with Crippen molar-refractivity contribution in [2.24, 2.45) is 0 Å². The molecule has 17 heavy (non-hydrogen) atoms. The van der Waals surface area contributed by atoms with Crippen molar-refractivity contribution in [3.8, 4) is 0 Å². The Balaban J connectivity index is 2.36. The number of rotatable bonds is 3. The molecule has 0 saturated carbocycles. The van der Waals surface area contributed by atoms with Crippen molar-refractivity contribution in [2.75, 3.05) is 6.54 Å². The van der Waals surface area contributed by atoms with E-state index in [2.05, 4.69) is 29.6 Å². The second-order valence-corrected chi connectivity index (χ2v) is 6.17. The van der Waals surface area contributed by atoms with Gasteiger partial charge in [-0.2, -0.15) is 0 Å². The lowest BCUT2D eigenvalue weighted by Crippen LogP contribution is -2.55. The van der Waals surface area contributed by atoms with Crippen molar-refractivity contribution in [3.63, 3.8) is 0 Å². The first-order chi connectivity index (χ1) is 7.79. The number of hydrazine groups is 1. The van der Waals surface area contributed by atoms with E-state index in [1.165, 1.54) is 19.3 Å². The van der Waals surface area contributed by atoms with Crippen molar-refractivity contribution in [1.82, 2.24) is 15.8 Å². The number of carbonyl (C=O) groups is 1. The normalized spacial score (nSPS) is 26.9. The topological polar surface area (TPSA) is 44.4 Å². The van der Waals surface area contributed by atoms with Gasteiger partial charge in [0, 0.05) is 17.6 Å². The molecule has 100 valence electrons. The van der Waals surface area contributed by atoms with Crippen molar-refractivity contribution in [3.05, 3.63) is 0 Å². The molecule has 1 rings (SSSR count). The van der Waals surface area contributed by atoms with E-state index >= 15 is 0 Å². The van der Waals surface area contributed by atoms with Gasteiger partial charge in [-0.15, -0.1) is 0 Å². The quantitative estimate of drug-likeness (QED) is 0.790. The van der Waals surface area contributed by atoms with E-state index in [-0.39, 0.29) is 11.4 Å². The predicted molar refractivity (Wildman–Crippen MR) is 70.5 cm³/mol. The molecule has 1 fully saturated rings. The predicted octanol–water partition coefficient (Wildman–Crippen LogP) is 1.67. The van der Waals surface area contributed by atoms with E-state index in [1.54, 1.807) is 0 Å². The SMILES string of the molecule is CC1CCCC(C)N1NCC(=O)NC(C)(C)C. The second-order valence-electron chi connectivity index (χ2n) is 6.17. The zero-order valence-corrected chi connectivity index (χ0v) is 11.8. The highest BCUT2D eigenvalue weighted by atomic mass is 16.2. The maximum absolute atomic E-state index is 11.7. The fraction of sp³-hybridized carbons (Fsp3) is 0.923. The molecule has 1 heterocycles. The number of hydrogen-bond donors (Lipinski definition) is 2. The summed E-state index contributed by atoms with van der Waals surface area (Å²) in [5.41, 5.74) is 3.11. The summed E-state index contributed by atoms with van der Waals surface area (Å²) in [5.74, 6) is 0.0578. The third kappa shape index (κ3) is 5.04. The van der Waals surface area contributed by atoms with E-state index < -0.39 is 0 Å². The van der Waals surface area contributed by atoms with Gasteiger partial charge in [0.25, 0.3) is 0 Å². The summed E-state index contributed by atoms with van der Waals surface area (Å²) in [6.07, 6.45) is 3.70. The Morgan fingerprint density at radius 1 is 1.24 bits per heavy atom. The molecule has 0 aromatic carbocycles. The molecule has 0 spiro atoms. The monoisotopic (exact) mass is 241 g/mol. The molecule has 0 bridgehead atoms. The lowest BCUT2D eigenvalue weighted by Gasteiger charge is -2.39. The molecule has 1 aliphatic rings. The molecule has 1 saturated heterocycles. The number of nitrogens with zero attached hydrogens (tertiary/aromatic N) is 1. The first-order valence-corrected chi connectivity index (χ1v) is 6.62. The van der Waals surface area contributed by atoms with E-state index in [0.717, 1.165) is 0 Å². The molecule has 0 aliphatic carbocycles.